The summed E-state index contributed by atoms with van der Waals surface area (Å²) in [7, 11) is 0. The third-order valence-corrected chi connectivity index (χ3v) is 7.09. The van der Waals surface area contributed by atoms with Crippen molar-refractivity contribution in [1.29, 1.82) is 0 Å². The minimum absolute atomic E-state index is 0. The first-order valence-corrected chi connectivity index (χ1v) is 9.95. The smallest absolute Gasteiger partial charge is 0.227 e. The average molecular weight is 370 g/mol. The molecule has 25 heavy (non-hydrogen) atoms. The van der Waals surface area contributed by atoms with Gasteiger partial charge in [0.25, 0.3) is 0 Å². The summed E-state index contributed by atoms with van der Waals surface area (Å²) in [5, 5.41) is 0. The van der Waals surface area contributed by atoms with E-state index in [0.29, 0.717) is 29.6 Å². The highest BCUT2D eigenvalue weighted by Gasteiger charge is 2.50. The Morgan fingerprint density at radius 1 is 1.04 bits per heavy atom. The van der Waals surface area contributed by atoms with Crippen molar-refractivity contribution in [3.8, 4) is 0 Å². The highest BCUT2D eigenvalue weighted by Crippen LogP contribution is 2.48. The largest absolute Gasteiger partial charge is 0.342 e. The molecule has 6 heteroatoms. The molecule has 0 aromatic heterocycles. The zero-order valence-corrected chi connectivity index (χ0v) is 15.9. The van der Waals surface area contributed by atoms with Crippen molar-refractivity contribution in [2.75, 3.05) is 26.2 Å². The minimum atomic E-state index is 0. The Morgan fingerprint density at radius 2 is 1.76 bits per heavy atom. The fourth-order valence-corrected chi connectivity index (χ4v) is 5.62. The Kier molecular flexibility index (Phi) is 5.94. The number of carbonyl (C=O) groups is 2. The molecule has 0 aromatic carbocycles. The van der Waals surface area contributed by atoms with Gasteiger partial charge in [-0.15, -0.1) is 12.4 Å². The molecule has 4 atom stereocenters. The molecule has 2 saturated carbocycles. The van der Waals surface area contributed by atoms with Gasteiger partial charge in [-0.05, 0) is 62.7 Å². The quantitative estimate of drug-likeness (QED) is 0.827. The van der Waals surface area contributed by atoms with Gasteiger partial charge in [-0.2, -0.15) is 0 Å². The van der Waals surface area contributed by atoms with E-state index in [4.69, 9.17) is 5.73 Å². The second kappa shape index (κ2) is 7.83. The van der Waals surface area contributed by atoms with Crippen LogP contribution < -0.4 is 5.73 Å². The predicted octanol–water partition coefficient (Wildman–Crippen LogP) is 2.03. The van der Waals surface area contributed by atoms with Crippen molar-refractivity contribution in [3.63, 3.8) is 0 Å². The maximum absolute atomic E-state index is 12.9. The van der Waals surface area contributed by atoms with Gasteiger partial charge >= 0.3 is 0 Å². The minimum Gasteiger partial charge on any atom is -0.342 e. The van der Waals surface area contributed by atoms with Gasteiger partial charge in [0.15, 0.2) is 0 Å². The maximum Gasteiger partial charge on any atom is 0.227 e. The first-order valence-electron chi connectivity index (χ1n) is 9.95. The second-order valence-corrected chi connectivity index (χ2v) is 8.50. The lowest BCUT2D eigenvalue weighted by molar-refractivity contribution is -0.140. The molecule has 2 aliphatic heterocycles. The molecule has 0 radical (unpaired) electrons. The normalized spacial score (nSPS) is 35.8. The molecule has 0 aromatic rings. The monoisotopic (exact) mass is 369 g/mol. The summed E-state index contributed by atoms with van der Waals surface area (Å²) >= 11 is 0. The first kappa shape index (κ1) is 19.0. The number of hydrogen-bond acceptors (Lipinski definition) is 3. The number of nitrogens with zero attached hydrogens (tertiary/aromatic N) is 2. The van der Waals surface area contributed by atoms with Crippen molar-refractivity contribution in [3.05, 3.63) is 0 Å². The van der Waals surface area contributed by atoms with Crippen LogP contribution in [0.2, 0.25) is 0 Å². The van der Waals surface area contributed by atoms with E-state index in [1.807, 2.05) is 0 Å². The number of fused-ring (bicyclic) bond motifs is 2. The molecule has 2 amide bonds. The molecule has 4 rings (SSSR count). The van der Waals surface area contributed by atoms with Crippen molar-refractivity contribution >= 4 is 24.2 Å². The van der Waals surface area contributed by atoms with Crippen LogP contribution in [0.5, 0.6) is 0 Å². The predicted molar refractivity (Wildman–Crippen MR) is 99.3 cm³/mol. The highest BCUT2D eigenvalue weighted by molar-refractivity contribution is 5.85. The number of likely N-dealkylation sites (tertiary alicyclic amines) is 2. The van der Waals surface area contributed by atoms with Crippen molar-refractivity contribution in [2.45, 2.75) is 57.4 Å². The number of carbonyl (C=O) groups excluding carboxylic acids is 2. The third kappa shape index (κ3) is 3.68. The van der Waals surface area contributed by atoms with E-state index >= 15 is 0 Å². The Morgan fingerprint density at radius 3 is 2.40 bits per heavy atom. The van der Waals surface area contributed by atoms with E-state index < -0.39 is 0 Å². The van der Waals surface area contributed by atoms with Crippen LogP contribution in [0.4, 0.5) is 0 Å². The third-order valence-electron chi connectivity index (χ3n) is 7.09. The molecule has 2 aliphatic carbocycles. The molecular weight excluding hydrogens is 338 g/mol. The second-order valence-electron chi connectivity index (χ2n) is 8.50. The summed E-state index contributed by atoms with van der Waals surface area (Å²) in [6.45, 7) is 3.53. The zero-order chi connectivity index (χ0) is 16.7. The maximum atomic E-state index is 12.9. The van der Waals surface area contributed by atoms with Gasteiger partial charge in [0, 0.05) is 38.6 Å². The first-order chi connectivity index (χ1) is 11.6. The SMILES string of the molecule is Cl.NC1C2CCC(C2)C1C(=O)N1CCC(CN2CCCCC2=O)CC1. The van der Waals surface area contributed by atoms with Crippen LogP contribution in [0, 0.1) is 23.7 Å². The van der Waals surface area contributed by atoms with Crippen LogP contribution in [-0.2, 0) is 9.59 Å². The summed E-state index contributed by atoms with van der Waals surface area (Å²) in [4.78, 5) is 29.0. The molecule has 2 N–H and O–H groups in total. The van der Waals surface area contributed by atoms with Gasteiger partial charge in [0.1, 0.15) is 0 Å². The van der Waals surface area contributed by atoms with E-state index in [1.54, 1.807) is 0 Å². The van der Waals surface area contributed by atoms with E-state index in [1.165, 1.54) is 19.3 Å². The number of piperidine rings is 2. The van der Waals surface area contributed by atoms with Crippen LogP contribution in [0.15, 0.2) is 0 Å². The molecule has 0 spiro atoms. The van der Waals surface area contributed by atoms with E-state index in [-0.39, 0.29) is 24.4 Å². The molecule has 2 saturated heterocycles. The molecule has 4 aliphatic rings. The van der Waals surface area contributed by atoms with Crippen LogP contribution in [0.3, 0.4) is 0 Å². The topological polar surface area (TPSA) is 66.6 Å². The molecule has 4 fully saturated rings. The number of hydrogen-bond donors (Lipinski definition) is 1. The number of rotatable bonds is 3. The van der Waals surface area contributed by atoms with Gasteiger partial charge in [-0.1, -0.05) is 0 Å². The molecular formula is C19H32ClN3O2. The fourth-order valence-electron chi connectivity index (χ4n) is 5.62. The van der Waals surface area contributed by atoms with Crippen LogP contribution >= 0.6 is 12.4 Å². The van der Waals surface area contributed by atoms with E-state index in [9.17, 15) is 9.59 Å². The van der Waals surface area contributed by atoms with Gasteiger partial charge in [-0.25, -0.2) is 0 Å². The van der Waals surface area contributed by atoms with Gasteiger partial charge in [0.2, 0.25) is 11.8 Å². The summed E-state index contributed by atoms with van der Waals surface area (Å²) in [6.07, 6.45) is 8.57. The summed E-state index contributed by atoms with van der Waals surface area (Å²) < 4.78 is 0. The Bertz CT molecular complexity index is 505. The van der Waals surface area contributed by atoms with Crippen molar-refractivity contribution < 1.29 is 9.59 Å². The Balaban J connectivity index is 0.00000182. The molecule has 2 bridgehead atoms. The lowest BCUT2D eigenvalue weighted by Crippen LogP contribution is -2.50. The number of amides is 2. The van der Waals surface area contributed by atoms with E-state index in [2.05, 4.69) is 9.80 Å². The zero-order valence-electron chi connectivity index (χ0n) is 15.1. The van der Waals surface area contributed by atoms with Crippen LogP contribution in [0.1, 0.15) is 51.4 Å². The summed E-state index contributed by atoms with van der Waals surface area (Å²) in [5.74, 6) is 2.43. The number of nitrogens with two attached hydrogens (primary N) is 1. The molecule has 142 valence electrons. The van der Waals surface area contributed by atoms with Crippen LogP contribution in [0.25, 0.3) is 0 Å². The fraction of sp³-hybridized carbons (Fsp3) is 0.895. The lowest BCUT2D eigenvalue weighted by Gasteiger charge is -2.38. The lowest BCUT2D eigenvalue weighted by atomic mass is 9.83. The standard InChI is InChI=1S/C19H31N3O2.ClH/c20-18-15-5-4-14(11-15)17(18)19(24)21-9-6-13(7-10-21)12-22-8-2-1-3-16(22)23;/h13-15,17-18H,1-12,20H2;1H. The summed E-state index contributed by atoms with van der Waals surface area (Å²) in [5.41, 5.74) is 6.35. The van der Waals surface area contributed by atoms with Crippen molar-refractivity contribution in [1.82, 2.24) is 9.80 Å². The average Bonchev–Trinajstić information content (AvgIpc) is 3.18. The molecule has 4 unspecified atom stereocenters. The van der Waals surface area contributed by atoms with Crippen LogP contribution in [-0.4, -0.2) is 53.8 Å². The highest BCUT2D eigenvalue weighted by atomic mass is 35.5. The summed E-state index contributed by atoms with van der Waals surface area (Å²) in [6, 6.07) is 0.0972. The molecule has 5 nitrogen and oxygen atoms in total. The number of halogens is 1. The van der Waals surface area contributed by atoms with E-state index in [0.717, 1.165) is 58.3 Å². The van der Waals surface area contributed by atoms with Gasteiger partial charge in [0.05, 0.1) is 5.92 Å². The molecule has 2 heterocycles. The Labute approximate surface area is 157 Å². The van der Waals surface area contributed by atoms with Gasteiger partial charge in [-0.3, -0.25) is 9.59 Å². The van der Waals surface area contributed by atoms with Crippen molar-refractivity contribution in [2.24, 2.45) is 29.4 Å². The Hall–Kier alpha value is -0.810. The van der Waals surface area contributed by atoms with Gasteiger partial charge < -0.3 is 15.5 Å².